The van der Waals surface area contributed by atoms with Crippen LogP contribution in [0.5, 0.6) is 5.75 Å². The molecule has 1 aromatic carbocycles. The fourth-order valence-corrected chi connectivity index (χ4v) is 2.94. The van der Waals surface area contributed by atoms with Crippen molar-refractivity contribution >= 4 is 17.5 Å². The second-order valence-electron chi connectivity index (χ2n) is 5.90. The Morgan fingerprint density at radius 2 is 2.12 bits per heavy atom. The van der Waals surface area contributed by atoms with E-state index in [0.29, 0.717) is 11.4 Å². The van der Waals surface area contributed by atoms with Crippen molar-refractivity contribution in [1.82, 2.24) is 15.1 Å². The van der Waals surface area contributed by atoms with Gasteiger partial charge in [-0.3, -0.25) is 4.79 Å². The highest BCUT2D eigenvalue weighted by atomic mass is 35.5. The Balaban J connectivity index is 1.54. The SMILES string of the molecule is O=C(NC1CCCCC1)c1ccn(COc2ccc(F)c(Cl)c2)n1. The topological polar surface area (TPSA) is 56.2 Å². The monoisotopic (exact) mass is 351 g/mol. The minimum Gasteiger partial charge on any atom is -0.471 e. The number of carbonyl (C=O) groups is 1. The second kappa shape index (κ2) is 7.66. The number of rotatable bonds is 5. The number of halogens is 2. The molecule has 1 aliphatic carbocycles. The predicted octanol–water partition coefficient (Wildman–Crippen LogP) is 3.77. The lowest BCUT2D eigenvalue weighted by atomic mass is 9.95. The molecule has 1 heterocycles. The summed E-state index contributed by atoms with van der Waals surface area (Å²) in [7, 11) is 0. The third-order valence-corrected chi connectivity index (χ3v) is 4.36. The van der Waals surface area contributed by atoms with Crippen LogP contribution >= 0.6 is 11.6 Å². The summed E-state index contributed by atoms with van der Waals surface area (Å²) in [6.07, 6.45) is 7.29. The van der Waals surface area contributed by atoms with E-state index in [9.17, 15) is 9.18 Å². The van der Waals surface area contributed by atoms with Crippen LogP contribution < -0.4 is 10.1 Å². The molecule has 2 aromatic rings. The molecular formula is C17H19ClFN3O2. The molecule has 128 valence electrons. The zero-order valence-corrected chi connectivity index (χ0v) is 13.9. The summed E-state index contributed by atoms with van der Waals surface area (Å²) < 4.78 is 20.1. The highest BCUT2D eigenvalue weighted by Gasteiger charge is 2.18. The first-order chi connectivity index (χ1) is 11.6. The van der Waals surface area contributed by atoms with Crippen molar-refractivity contribution in [2.24, 2.45) is 0 Å². The number of hydrogen-bond donors (Lipinski definition) is 1. The summed E-state index contributed by atoms with van der Waals surface area (Å²) in [4.78, 5) is 12.2. The van der Waals surface area contributed by atoms with Gasteiger partial charge in [0.2, 0.25) is 0 Å². The van der Waals surface area contributed by atoms with Crippen LogP contribution in [0.4, 0.5) is 4.39 Å². The number of benzene rings is 1. The van der Waals surface area contributed by atoms with Gasteiger partial charge in [0.05, 0.1) is 5.02 Å². The van der Waals surface area contributed by atoms with Crippen LogP contribution in [-0.4, -0.2) is 21.7 Å². The van der Waals surface area contributed by atoms with E-state index in [1.165, 1.54) is 29.3 Å². The van der Waals surface area contributed by atoms with Gasteiger partial charge in [0.1, 0.15) is 17.3 Å². The van der Waals surface area contributed by atoms with Crippen molar-refractivity contribution < 1.29 is 13.9 Å². The van der Waals surface area contributed by atoms with E-state index in [4.69, 9.17) is 16.3 Å². The Labute approximate surface area is 144 Å². The van der Waals surface area contributed by atoms with Crippen LogP contribution in [0.25, 0.3) is 0 Å². The van der Waals surface area contributed by atoms with Crippen LogP contribution in [0.3, 0.4) is 0 Å². The molecule has 0 aliphatic heterocycles. The normalized spacial score (nSPS) is 15.2. The minimum absolute atomic E-state index is 0.000476. The van der Waals surface area contributed by atoms with Gasteiger partial charge in [0.25, 0.3) is 5.91 Å². The molecule has 1 saturated carbocycles. The molecule has 0 saturated heterocycles. The minimum atomic E-state index is -0.496. The molecular weight excluding hydrogens is 333 g/mol. The summed E-state index contributed by atoms with van der Waals surface area (Å²) in [5.41, 5.74) is 0.362. The number of amides is 1. The predicted molar refractivity (Wildman–Crippen MR) is 88.6 cm³/mol. The van der Waals surface area contributed by atoms with Gasteiger partial charge in [-0.2, -0.15) is 5.10 Å². The molecule has 0 bridgehead atoms. The highest BCUT2D eigenvalue weighted by Crippen LogP contribution is 2.21. The zero-order valence-electron chi connectivity index (χ0n) is 13.2. The molecule has 1 fully saturated rings. The van der Waals surface area contributed by atoms with Crippen LogP contribution in [0.15, 0.2) is 30.5 Å². The van der Waals surface area contributed by atoms with Gasteiger partial charge in [0.15, 0.2) is 6.73 Å². The first-order valence-corrected chi connectivity index (χ1v) is 8.42. The molecule has 24 heavy (non-hydrogen) atoms. The van der Waals surface area contributed by atoms with E-state index < -0.39 is 5.82 Å². The fourth-order valence-electron chi connectivity index (χ4n) is 2.77. The van der Waals surface area contributed by atoms with Gasteiger partial charge in [0, 0.05) is 18.3 Å². The van der Waals surface area contributed by atoms with Gasteiger partial charge in [-0.1, -0.05) is 30.9 Å². The van der Waals surface area contributed by atoms with Gasteiger partial charge in [-0.25, -0.2) is 9.07 Å². The maximum absolute atomic E-state index is 13.1. The number of ether oxygens (including phenoxy) is 1. The zero-order chi connectivity index (χ0) is 16.9. The van der Waals surface area contributed by atoms with E-state index in [1.807, 2.05) is 0 Å². The van der Waals surface area contributed by atoms with Gasteiger partial charge in [-0.05, 0) is 31.0 Å². The van der Waals surface area contributed by atoms with Gasteiger partial charge >= 0.3 is 0 Å². The van der Waals surface area contributed by atoms with Crippen molar-refractivity contribution in [3.05, 3.63) is 47.0 Å². The third kappa shape index (κ3) is 4.26. The molecule has 0 unspecified atom stereocenters. The third-order valence-electron chi connectivity index (χ3n) is 4.07. The number of nitrogens with one attached hydrogen (secondary N) is 1. The number of carbonyl (C=O) groups excluding carboxylic acids is 1. The maximum atomic E-state index is 13.1. The van der Waals surface area contributed by atoms with Crippen LogP contribution in [-0.2, 0) is 6.73 Å². The van der Waals surface area contributed by atoms with Crippen molar-refractivity contribution in [3.8, 4) is 5.75 Å². The molecule has 1 N–H and O–H groups in total. The molecule has 5 nitrogen and oxygen atoms in total. The Hall–Kier alpha value is -2.08. The number of aromatic nitrogens is 2. The standard InChI is InChI=1S/C17H19ClFN3O2/c18-14-10-13(6-7-15(14)19)24-11-22-9-8-16(21-22)17(23)20-12-4-2-1-3-5-12/h6-10,12H,1-5,11H2,(H,20,23). The average molecular weight is 352 g/mol. The summed E-state index contributed by atoms with van der Waals surface area (Å²) in [5, 5.41) is 7.23. The Kier molecular flexibility index (Phi) is 5.35. The second-order valence-corrected chi connectivity index (χ2v) is 6.31. The largest absolute Gasteiger partial charge is 0.471 e. The lowest BCUT2D eigenvalue weighted by Gasteiger charge is -2.22. The van der Waals surface area contributed by atoms with E-state index in [1.54, 1.807) is 12.3 Å². The smallest absolute Gasteiger partial charge is 0.271 e. The lowest BCUT2D eigenvalue weighted by Crippen LogP contribution is -2.36. The summed E-state index contributed by atoms with van der Waals surface area (Å²) in [5.74, 6) is -0.222. The molecule has 1 aromatic heterocycles. The average Bonchev–Trinajstić information content (AvgIpc) is 3.06. The molecule has 0 radical (unpaired) electrons. The number of hydrogen-bond acceptors (Lipinski definition) is 3. The molecule has 0 atom stereocenters. The van der Waals surface area contributed by atoms with Crippen molar-refractivity contribution in [2.45, 2.75) is 44.9 Å². The first kappa shape index (κ1) is 16.8. The molecule has 1 aliphatic rings. The molecule has 1 amide bonds. The summed E-state index contributed by atoms with van der Waals surface area (Å²) in [6, 6.07) is 6.02. The molecule has 3 rings (SSSR count). The van der Waals surface area contributed by atoms with Crippen molar-refractivity contribution in [2.75, 3.05) is 0 Å². The van der Waals surface area contributed by atoms with Gasteiger partial charge in [-0.15, -0.1) is 0 Å². The van der Waals surface area contributed by atoms with Crippen LogP contribution in [0.2, 0.25) is 5.02 Å². The van der Waals surface area contributed by atoms with E-state index in [2.05, 4.69) is 10.4 Å². The quantitative estimate of drug-likeness (QED) is 0.892. The fraction of sp³-hybridized carbons (Fsp3) is 0.412. The Morgan fingerprint density at radius 3 is 2.88 bits per heavy atom. The first-order valence-electron chi connectivity index (χ1n) is 8.04. The maximum Gasteiger partial charge on any atom is 0.271 e. The Morgan fingerprint density at radius 1 is 1.33 bits per heavy atom. The van der Waals surface area contributed by atoms with E-state index >= 15 is 0 Å². The number of nitrogens with zero attached hydrogens (tertiary/aromatic N) is 2. The van der Waals surface area contributed by atoms with Crippen LogP contribution in [0, 0.1) is 5.82 Å². The summed E-state index contributed by atoms with van der Waals surface area (Å²) >= 11 is 5.70. The lowest BCUT2D eigenvalue weighted by molar-refractivity contribution is 0.0920. The molecule has 7 heteroatoms. The molecule has 0 spiro atoms. The van der Waals surface area contributed by atoms with Gasteiger partial charge < -0.3 is 10.1 Å². The summed E-state index contributed by atoms with van der Waals surface area (Å²) in [6.45, 7) is 0.110. The van der Waals surface area contributed by atoms with E-state index in [0.717, 1.165) is 25.7 Å². The Bertz CT molecular complexity index is 714. The van der Waals surface area contributed by atoms with Crippen molar-refractivity contribution in [3.63, 3.8) is 0 Å². The van der Waals surface area contributed by atoms with Crippen molar-refractivity contribution in [1.29, 1.82) is 0 Å². The van der Waals surface area contributed by atoms with Crippen LogP contribution in [0.1, 0.15) is 42.6 Å². The highest BCUT2D eigenvalue weighted by molar-refractivity contribution is 6.30. The van der Waals surface area contributed by atoms with E-state index in [-0.39, 0.29) is 23.7 Å².